The summed E-state index contributed by atoms with van der Waals surface area (Å²) in [7, 11) is 1.56. The Bertz CT molecular complexity index is 677. The minimum atomic E-state index is -0.240. The molecule has 0 aromatic heterocycles. The Labute approximate surface area is 136 Å². The van der Waals surface area contributed by atoms with E-state index in [2.05, 4.69) is 21.2 Å². The number of nitrogens with two attached hydrogens (primary N) is 1. The zero-order chi connectivity index (χ0) is 15.4. The molecule has 110 valence electrons. The second kappa shape index (κ2) is 6.83. The molecule has 2 rings (SSSR count). The summed E-state index contributed by atoms with van der Waals surface area (Å²) in [4.78, 5) is 12.1. The lowest BCUT2D eigenvalue weighted by atomic mass is 10.1. The van der Waals surface area contributed by atoms with Crippen LogP contribution < -0.4 is 15.8 Å². The average Bonchev–Trinajstić information content (AvgIpc) is 2.47. The molecule has 0 aliphatic heterocycles. The molecule has 0 aliphatic carbocycles. The smallest absolute Gasteiger partial charge is 0.253 e. The molecule has 0 spiro atoms. The third kappa shape index (κ3) is 3.68. The molecule has 0 fully saturated rings. The van der Waals surface area contributed by atoms with E-state index in [-0.39, 0.29) is 5.91 Å². The highest BCUT2D eigenvalue weighted by Crippen LogP contribution is 2.26. The van der Waals surface area contributed by atoms with Gasteiger partial charge in [-0.15, -0.1) is 0 Å². The monoisotopic (exact) mass is 368 g/mol. The minimum Gasteiger partial charge on any atom is -0.495 e. The van der Waals surface area contributed by atoms with Gasteiger partial charge in [0.1, 0.15) is 5.75 Å². The molecule has 0 atom stereocenters. The molecule has 4 nitrogen and oxygen atoms in total. The van der Waals surface area contributed by atoms with Gasteiger partial charge in [0.25, 0.3) is 5.91 Å². The Morgan fingerprint density at radius 2 is 2.14 bits per heavy atom. The van der Waals surface area contributed by atoms with Crippen LogP contribution in [0.5, 0.6) is 5.75 Å². The van der Waals surface area contributed by atoms with Gasteiger partial charge in [0, 0.05) is 11.0 Å². The van der Waals surface area contributed by atoms with E-state index in [1.807, 2.05) is 6.07 Å². The summed E-state index contributed by atoms with van der Waals surface area (Å²) in [6, 6.07) is 10.6. The molecule has 0 bridgehead atoms. The van der Waals surface area contributed by atoms with Gasteiger partial charge in [-0.1, -0.05) is 23.7 Å². The molecule has 2 aromatic rings. The van der Waals surface area contributed by atoms with Gasteiger partial charge in [-0.3, -0.25) is 4.79 Å². The van der Waals surface area contributed by atoms with Crippen LogP contribution in [0, 0.1) is 0 Å². The van der Waals surface area contributed by atoms with Crippen LogP contribution >= 0.6 is 27.5 Å². The van der Waals surface area contributed by atoms with E-state index < -0.39 is 0 Å². The van der Waals surface area contributed by atoms with Crippen LogP contribution in [0.15, 0.2) is 40.9 Å². The van der Waals surface area contributed by atoms with Gasteiger partial charge in [0.15, 0.2) is 0 Å². The number of carbonyl (C=O) groups excluding carboxylic acids is 1. The van der Waals surface area contributed by atoms with Crippen molar-refractivity contribution in [1.82, 2.24) is 5.32 Å². The first kappa shape index (κ1) is 15.7. The van der Waals surface area contributed by atoms with Crippen molar-refractivity contribution in [2.45, 2.75) is 6.54 Å². The second-order valence-corrected chi connectivity index (χ2v) is 5.59. The van der Waals surface area contributed by atoms with E-state index in [1.165, 1.54) is 0 Å². The maximum absolute atomic E-state index is 12.1. The highest BCUT2D eigenvalue weighted by Gasteiger charge is 2.12. The molecular formula is C15H14BrClN2O2. The summed E-state index contributed by atoms with van der Waals surface area (Å²) in [5.74, 6) is 0.371. The molecule has 0 radical (unpaired) electrons. The zero-order valence-electron chi connectivity index (χ0n) is 11.3. The molecular weight excluding hydrogens is 356 g/mol. The maximum Gasteiger partial charge on any atom is 0.253 e. The van der Waals surface area contributed by atoms with Crippen LogP contribution in [0.3, 0.4) is 0 Å². The van der Waals surface area contributed by atoms with E-state index in [0.29, 0.717) is 33.0 Å². The fourth-order valence-electron chi connectivity index (χ4n) is 1.85. The molecule has 0 aliphatic rings. The summed E-state index contributed by atoms with van der Waals surface area (Å²) >= 11 is 9.38. The SMILES string of the molecule is COc1ccc(CNC(=O)c2cccc(Br)c2Cl)cc1N. The number of nitrogens with one attached hydrogen (secondary N) is 1. The van der Waals surface area contributed by atoms with Crippen LogP contribution in [0.2, 0.25) is 5.02 Å². The Hall–Kier alpha value is -1.72. The molecule has 0 heterocycles. The molecule has 21 heavy (non-hydrogen) atoms. The number of amides is 1. The summed E-state index contributed by atoms with van der Waals surface area (Å²) in [5, 5.41) is 3.20. The number of carbonyl (C=O) groups is 1. The highest BCUT2D eigenvalue weighted by atomic mass is 79.9. The van der Waals surface area contributed by atoms with Crippen molar-refractivity contribution in [3.63, 3.8) is 0 Å². The van der Waals surface area contributed by atoms with Crippen molar-refractivity contribution < 1.29 is 9.53 Å². The fourth-order valence-corrected chi connectivity index (χ4v) is 2.43. The summed E-state index contributed by atoms with van der Waals surface area (Å²) in [5.41, 5.74) is 7.67. The minimum absolute atomic E-state index is 0.240. The van der Waals surface area contributed by atoms with Crippen molar-refractivity contribution >= 4 is 39.1 Å². The quantitative estimate of drug-likeness (QED) is 0.809. The number of ether oxygens (including phenoxy) is 1. The standard InChI is InChI=1S/C15H14BrClN2O2/c1-21-13-6-5-9(7-12(13)18)8-19-15(20)10-3-2-4-11(16)14(10)17/h2-7H,8,18H2,1H3,(H,19,20). The Morgan fingerprint density at radius 3 is 2.81 bits per heavy atom. The molecule has 2 aromatic carbocycles. The topological polar surface area (TPSA) is 64.3 Å². The van der Waals surface area contributed by atoms with Crippen molar-refractivity contribution in [2.24, 2.45) is 0 Å². The first-order chi connectivity index (χ1) is 10.0. The number of benzene rings is 2. The van der Waals surface area contributed by atoms with Gasteiger partial charge in [-0.25, -0.2) is 0 Å². The third-order valence-electron chi connectivity index (χ3n) is 2.94. The van der Waals surface area contributed by atoms with Crippen LogP contribution in [-0.4, -0.2) is 13.0 Å². The van der Waals surface area contributed by atoms with E-state index in [1.54, 1.807) is 37.4 Å². The number of halogens is 2. The molecule has 0 saturated carbocycles. The van der Waals surface area contributed by atoms with Gasteiger partial charge >= 0.3 is 0 Å². The molecule has 0 saturated heterocycles. The number of hydrogen-bond acceptors (Lipinski definition) is 3. The highest BCUT2D eigenvalue weighted by molar-refractivity contribution is 9.10. The summed E-state index contributed by atoms with van der Waals surface area (Å²) in [6.45, 7) is 0.357. The van der Waals surface area contributed by atoms with Gasteiger partial charge in [-0.2, -0.15) is 0 Å². The van der Waals surface area contributed by atoms with Crippen LogP contribution in [-0.2, 0) is 6.54 Å². The van der Waals surface area contributed by atoms with Crippen molar-refractivity contribution in [3.05, 3.63) is 57.0 Å². The second-order valence-electron chi connectivity index (χ2n) is 4.36. The fraction of sp³-hybridized carbons (Fsp3) is 0.133. The molecule has 0 unspecified atom stereocenters. The lowest BCUT2D eigenvalue weighted by Gasteiger charge is -2.10. The van der Waals surface area contributed by atoms with Gasteiger partial charge < -0.3 is 15.8 Å². The van der Waals surface area contributed by atoms with Gasteiger partial charge in [-0.05, 0) is 45.8 Å². The number of hydrogen-bond donors (Lipinski definition) is 2. The zero-order valence-corrected chi connectivity index (χ0v) is 13.7. The number of methoxy groups -OCH3 is 1. The van der Waals surface area contributed by atoms with E-state index in [0.717, 1.165) is 5.56 Å². The van der Waals surface area contributed by atoms with Crippen LogP contribution in [0.25, 0.3) is 0 Å². The Balaban J connectivity index is 2.07. The molecule has 3 N–H and O–H groups in total. The first-order valence-electron chi connectivity index (χ1n) is 6.17. The largest absolute Gasteiger partial charge is 0.495 e. The van der Waals surface area contributed by atoms with Crippen LogP contribution in [0.1, 0.15) is 15.9 Å². The predicted molar refractivity (Wildman–Crippen MR) is 87.7 cm³/mol. The van der Waals surface area contributed by atoms with E-state index in [4.69, 9.17) is 22.1 Å². The average molecular weight is 370 g/mol. The van der Waals surface area contributed by atoms with Crippen molar-refractivity contribution in [3.8, 4) is 5.75 Å². The normalized spacial score (nSPS) is 10.2. The molecule has 1 amide bonds. The van der Waals surface area contributed by atoms with Gasteiger partial charge in [0.05, 0.1) is 23.4 Å². The van der Waals surface area contributed by atoms with Crippen LogP contribution in [0.4, 0.5) is 5.69 Å². The number of anilines is 1. The van der Waals surface area contributed by atoms with E-state index in [9.17, 15) is 4.79 Å². The Kier molecular flexibility index (Phi) is 5.09. The van der Waals surface area contributed by atoms with E-state index >= 15 is 0 Å². The number of rotatable bonds is 4. The lowest BCUT2D eigenvalue weighted by Crippen LogP contribution is -2.23. The lowest BCUT2D eigenvalue weighted by molar-refractivity contribution is 0.0951. The number of nitrogen functional groups attached to an aromatic ring is 1. The van der Waals surface area contributed by atoms with Gasteiger partial charge in [0.2, 0.25) is 0 Å². The summed E-state index contributed by atoms with van der Waals surface area (Å²) < 4.78 is 5.77. The predicted octanol–water partition coefficient (Wildman–Crippen LogP) is 3.62. The van der Waals surface area contributed by atoms with Crippen molar-refractivity contribution in [1.29, 1.82) is 0 Å². The Morgan fingerprint density at radius 1 is 1.38 bits per heavy atom. The van der Waals surface area contributed by atoms with Crippen molar-refractivity contribution in [2.75, 3.05) is 12.8 Å². The third-order valence-corrected chi connectivity index (χ3v) is 4.24. The first-order valence-corrected chi connectivity index (χ1v) is 7.34. The summed E-state index contributed by atoms with van der Waals surface area (Å²) in [6.07, 6.45) is 0. The maximum atomic E-state index is 12.1. The molecule has 6 heteroatoms.